The molecule has 0 atom stereocenters. The summed E-state index contributed by atoms with van der Waals surface area (Å²) >= 11 is 8.53. The van der Waals surface area contributed by atoms with Crippen molar-refractivity contribution in [3.63, 3.8) is 0 Å². The largest absolute Gasteiger partial charge is 0.293 e. The Bertz CT molecular complexity index is 294. The lowest BCUT2D eigenvalue weighted by molar-refractivity contribution is 0.102. The van der Waals surface area contributed by atoms with Gasteiger partial charge in [-0.05, 0) is 18.2 Å². The molecule has 0 fully saturated rings. The third kappa shape index (κ3) is 2.29. The molecule has 0 spiro atoms. The molecule has 0 amide bonds. The van der Waals surface area contributed by atoms with Crippen molar-refractivity contribution in [2.75, 3.05) is 5.33 Å². The monoisotopic (exact) mass is 250 g/mol. The van der Waals surface area contributed by atoms with Gasteiger partial charge in [-0.15, -0.1) is 0 Å². The molecule has 1 nitrogen and oxygen atoms in total. The molecule has 0 N–H and O–H groups in total. The Hall–Kier alpha value is -0.410. The van der Waals surface area contributed by atoms with E-state index in [0.717, 1.165) is 12.1 Å². The van der Waals surface area contributed by atoms with Crippen LogP contribution in [-0.4, -0.2) is 11.1 Å². The lowest BCUT2D eigenvalue weighted by Gasteiger charge is -1.97. The normalized spacial score (nSPS) is 9.92. The van der Waals surface area contributed by atoms with E-state index in [9.17, 15) is 9.18 Å². The van der Waals surface area contributed by atoms with Crippen LogP contribution in [0.2, 0.25) is 5.02 Å². The van der Waals surface area contributed by atoms with Crippen LogP contribution in [0, 0.1) is 5.82 Å². The number of alkyl halides is 1. The fourth-order valence-electron chi connectivity index (χ4n) is 0.792. The number of benzene rings is 1. The highest BCUT2D eigenvalue weighted by molar-refractivity contribution is 9.09. The smallest absolute Gasteiger partial charge is 0.173 e. The Morgan fingerprint density at radius 2 is 2.17 bits per heavy atom. The van der Waals surface area contributed by atoms with E-state index in [1.165, 1.54) is 6.07 Å². The zero-order valence-corrected chi connectivity index (χ0v) is 8.32. The summed E-state index contributed by atoms with van der Waals surface area (Å²) in [5.74, 6) is -0.678. The van der Waals surface area contributed by atoms with Gasteiger partial charge in [0.25, 0.3) is 0 Å². The van der Waals surface area contributed by atoms with Crippen LogP contribution < -0.4 is 0 Å². The standard InChI is InChI=1S/C8H5BrClFO/c9-4-8(12)5-1-6(10)3-7(11)2-5/h1-3H,4H2. The average Bonchev–Trinajstić information content (AvgIpc) is 2.01. The molecule has 0 saturated carbocycles. The van der Waals surface area contributed by atoms with Crippen molar-refractivity contribution in [3.8, 4) is 0 Å². The number of Topliss-reactive ketones (excluding diaryl/α,β-unsaturated/α-hetero) is 1. The van der Waals surface area contributed by atoms with E-state index in [0.29, 0.717) is 0 Å². The summed E-state index contributed by atoms with van der Waals surface area (Å²) in [5, 5.41) is 0.409. The van der Waals surface area contributed by atoms with Gasteiger partial charge in [-0.25, -0.2) is 4.39 Å². The van der Waals surface area contributed by atoms with Gasteiger partial charge < -0.3 is 0 Å². The Labute approximate surface area is 82.7 Å². The van der Waals surface area contributed by atoms with Gasteiger partial charge in [0, 0.05) is 10.6 Å². The molecule has 64 valence electrons. The fraction of sp³-hybridized carbons (Fsp3) is 0.125. The maximum atomic E-state index is 12.7. The van der Waals surface area contributed by atoms with Gasteiger partial charge >= 0.3 is 0 Å². The molecule has 0 unspecified atom stereocenters. The third-order valence-electron chi connectivity index (χ3n) is 1.31. The van der Waals surface area contributed by atoms with E-state index in [1.54, 1.807) is 0 Å². The van der Waals surface area contributed by atoms with Crippen LogP contribution >= 0.6 is 27.5 Å². The van der Waals surface area contributed by atoms with Crippen LogP contribution in [0.15, 0.2) is 18.2 Å². The first-order chi connectivity index (χ1) is 5.63. The number of hydrogen-bond acceptors (Lipinski definition) is 1. The predicted molar refractivity (Wildman–Crippen MR) is 49.5 cm³/mol. The zero-order valence-electron chi connectivity index (χ0n) is 5.98. The first-order valence-electron chi connectivity index (χ1n) is 3.18. The second-order valence-electron chi connectivity index (χ2n) is 2.21. The zero-order chi connectivity index (χ0) is 9.14. The molecule has 1 aromatic rings. The molecule has 0 aliphatic heterocycles. The molecule has 4 heteroatoms. The second-order valence-corrected chi connectivity index (χ2v) is 3.21. The second kappa shape index (κ2) is 4.01. The maximum Gasteiger partial charge on any atom is 0.173 e. The van der Waals surface area contributed by atoms with Crippen LogP contribution in [0.3, 0.4) is 0 Å². The molecular formula is C8H5BrClFO. The molecule has 1 rings (SSSR count). The maximum absolute atomic E-state index is 12.7. The number of carbonyl (C=O) groups excluding carboxylic acids is 1. The minimum Gasteiger partial charge on any atom is -0.293 e. The van der Waals surface area contributed by atoms with E-state index in [4.69, 9.17) is 11.6 Å². The van der Waals surface area contributed by atoms with Gasteiger partial charge in [-0.3, -0.25) is 4.79 Å². The van der Waals surface area contributed by atoms with Crippen LogP contribution in [0.25, 0.3) is 0 Å². The Kier molecular flexibility index (Phi) is 3.23. The lowest BCUT2D eigenvalue weighted by Crippen LogP contribution is -2.00. The van der Waals surface area contributed by atoms with Crippen LogP contribution in [0.1, 0.15) is 10.4 Å². The number of rotatable bonds is 2. The van der Waals surface area contributed by atoms with E-state index in [-0.39, 0.29) is 21.7 Å². The van der Waals surface area contributed by atoms with E-state index in [1.807, 2.05) is 0 Å². The Morgan fingerprint density at radius 1 is 1.50 bits per heavy atom. The van der Waals surface area contributed by atoms with Gasteiger partial charge in [-0.1, -0.05) is 27.5 Å². The van der Waals surface area contributed by atoms with Gasteiger partial charge in [0.1, 0.15) is 5.82 Å². The van der Waals surface area contributed by atoms with Crippen LogP contribution in [-0.2, 0) is 0 Å². The van der Waals surface area contributed by atoms with Crippen molar-refractivity contribution in [1.29, 1.82) is 0 Å². The Balaban J connectivity index is 3.08. The molecule has 0 saturated heterocycles. The lowest BCUT2D eigenvalue weighted by atomic mass is 10.1. The van der Waals surface area contributed by atoms with Gasteiger partial charge in [0.15, 0.2) is 5.78 Å². The van der Waals surface area contributed by atoms with Crippen molar-refractivity contribution in [1.82, 2.24) is 0 Å². The number of hydrogen-bond donors (Lipinski definition) is 0. The van der Waals surface area contributed by atoms with Crippen LogP contribution in [0.5, 0.6) is 0 Å². The summed E-state index contributed by atoms with van der Waals surface area (Å²) in [7, 11) is 0. The molecule has 0 radical (unpaired) electrons. The average molecular weight is 251 g/mol. The number of ketones is 1. The topological polar surface area (TPSA) is 17.1 Å². The summed E-state index contributed by atoms with van der Waals surface area (Å²) in [6.45, 7) is 0. The highest BCUT2D eigenvalue weighted by Crippen LogP contribution is 2.14. The first-order valence-corrected chi connectivity index (χ1v) is 4.68. The van der Waals surface area contributed by atoms with Crippen molar-refractivity contribution in [2.24, 2.45) is 0 Å². The first kappa shape index (κ1) is 9.68. The molecule has 12 heavy (non-hydrogen) atoms. The van der Waals surface area contributed by atoms with Crippen molar-refractivity contribution < 1.29 is 9.18 Å². The van der Waals surface area contributed by atoms with Crippen molar-refractivity contribution in [2.45, 2.75) is 0 Å². The third-order valence-corrected chi connectivity index (χ3v) is 2.03. The van der Waals surface area contributed by atoms with Crippen molar-refractivity contribution >= 4 is 33.3 Å². The highest BCUT2D eigenvalue weighted by Gasteiger charge is 2.06. The van der Waals surface area contributed by atoms with Crippen LogP contribution in [0.4, 0.5) is 4.39 Å². The molecule has 0 aromatic heterocycles. The summed E-state index contributed by atoms with van der Waals surface area (Å²) in [6.07, 6.45) is 0. The highest BCUT2D eigenvalue weighted by atomic mass is 79.9. The van der Waals surface area contributed by atoms with Gasteiger partial charge in [0.05, 0.1) is 5.33 Å². The van der Waals surface area contributed by atoms with Gasteiger partial charge in [-0.2, -0.15) is 0 Å². The SMILES string of the molecule is O=C(CBr)c1cc(F)cc(Cl)c1. The van der Waals surface area contributed by atoms with E-state index in [2.05, 4.69) is 15.9 Å². The summed E-state index contributed by atoms with van der Waals surface area (Å²) in [6, 6.07) is 3.76. The predicted octanol–water partition coefficient (Wildman–Crippen LogP) is 3.06. The minimum atomic E-state index is -0.494. The van der Waals surface area contributed by atoms with Crippen molar-refractivity contribution in [3.05, 3.63) is 34.6 Å². The molecule has 0 bridgehead atoms. The molecular weight excluding hydrogens is 246 g/mol. The molecule has 0 aliphatic carbocycles. The summed E-state index contributed by atoms with van der Waals surface area (Å²) in [4.78, 5) is 11.0. The van der Waals surface area contributed by atoms with E-state index < -0.39 is 5.82 Å². The number of halogens is 3. The molecule has 1 aromatic carbocycles. The fourth-order valence-corrected chi connectivity index (χ4v) is 1.34. The minimum absolute atomic E-state index is 0.173. The number of carbonyl (C=O) groups is 1. The quantitative estimate of drug-likeness (QED) is 0.583. The summed E-state index contributed by atoms with van der Waals surface area (Å²) in [5.41, 5.74) is 0.289. The van der Waals surface area contributed by atoms with E-state index >= 15 is 0 Å². The van der Waals surface area contributed by atoms with Gasteiger partial charge in [0.2, 0.25) is 0 Å². The Morgan fingerprint density at radius 3 is 2.67 bits per heavy atom. The molecule has 0 heterocycles. The summed E-state index contributed by atoms with van der Waals surface area (Å²) < 4.78 is 12.7. The molecule has 0 aliphatic rings.